The highest BCUT2D eigenvalue weighted by molar-refractivity contribution is 9.10. The van der Waals surface area contributed by atoms with Crippen LogP contribution in [0.5, 0.6) is 0 Å². The van der Waals surface area contributed by atoms with E-state index in [1.54, 1.807) is 6.07 Å². The minimum Gasteiger partial charge on any atom is -0.324 e. The van der Waals surface area contributed by atoms with E-state index in [0.29, 0.717) is 24.8 Å². The van der Waals surface area contributed by atoms with Gasteiger partial charge in [-0.25, -0.2) is 0 Å². The van der Waals surface area contributed by atoms with E-state index in [1.165, 1.54) is 0 Å². The summed E-state index contributed by atoms with van der Waals surface area (Å²) in [6.45, 7) is 7.16. The maximum absolute atomic E-state index is 5.99. The van der Waals surface area contributed by atoms with Crippen LogP contribution in [-0.2, 0) is 20.2 Å². The molecule has 0 aliphatic heterocycles. The standard InChI is InChI=1S/C13H18BrClO3/c1-4-16-13(17-5-2,18-6-3)10-7-8-12(15)11(14)9-10/h7-9H,4-6H2,1-3H3. The van der Waals surface area contributed by atoms with Gasteiger partial charge in [0.25, 0.3) is 0 Å². The average molecular weight is 338 g/mol. The number of hydrogen-bond acceptors (Lipinski definition) is 3. The van der Waals surface area contributed by atoms with E-state index < -0.39 is 5.97 Å². The van der Waals surface area contributed by atoms with Gasteiger partial charge in [0.05, 0.1) is 5.02 Å². The van der Waals surface area contributed by atoms with E-state index in [-0.39, 0.29) is 0 Å². The molecule has 0 heterocycles. The lowest BCUT2D eigenvalue weighted by molar-refractivity contribution is -0.389. The van der Waals surface area contributed by atoms with E-state index in [2.05, 4.69) is 15.9 Å². The van der Waals surface area contributed by atoms with E-state index in [9.17, 15) is 0 Å². The third kappa shape index (κ3) is 3.68. The minimum absolute atomic E-state index is 0.486. The second kappa shape index (κ2) is 7.46. The molecule has 0 aromatic heterocycles. The second-order valence-corrected chi connectivity index (χ2v) is 4.75. The fourth-order valence-electron chi connectivity index (χ4n) is 1.63. The van der Waals surface area contributed by atoms with Crippen LogP contribution in [0.25, 0.3) is 0 Å². The third-order valence-electron chi connectivity index (χ3n) is 2.28. The third-order valence-corrected chi connectivity index (χ3v) is 3.49. The van der Waals surface area contributed by atoms with Crippen LogP contribution in [-0.4, -0.2) is 19.8 Å². The maximum Gasteiger partial charge on any atom is 0.312 e. The molecular weight excluding hydrogens is 319 g/mol. The number of ether oxygens (including phenoxy) is 3. The van der Waals surface area contributed by atoms with Gasteiger partial charge >= 0.3 is 5.97 Å². The van der Waals surface area contributed by atoms with Crippen molar-refractivity contribution in [1.29, 1.82) is 0 Å². The molecule has 0 unspecified atom stereocenters. The molecule has 0 aliphatic rings. The van der Waals surface area contributed by atoms with Crippen LogP contribution >= 0.6 is 27.5 Å². The molecule has 0 aliphatic carbocycles. The normalized spacial score (nSPS) is 11.8. The molecule has 0 radical (unpaired) electrons. The molecule has 0 atom stereocenters. The van der Waals surface area contributed by atoms with Crippen molar-refractivity contribution in [3.63, 3.8) is 0 Å². The zero-order valence-electron chi connectivity index (χ0n) is 10.8. The molecule has 1 aromatic carbocycles. The molecule has 1 aromatic rings. The zero-order valence-corrected chi connectivity index (χ0v) is 13.2. The van der Waals surface area contributed by atoms with E-state index >= 15 is 0 Å². The Labute approximate surface area is 121 Å². The summed E-state index contributed by atoms with van der Waals surface area (Å²) in [6.07, 6.45) is 0. The highest BCUT2D eigenvalue weighted by atomic mass is 79.9. The molecule has 0 fully saturated rings. The first kappa shape index (κ1) is 15.9. The predicted octanol–water partition coefficient (Wildman–Crippen LogP) is 4.32. The molecule has 0 N–H and O–H groups in total. The molecule has 0 spiro atoms. The summed E-state index contributed by atoms with van der Waals surface area (Å²) in [4.78, 5) is 0. The van der Waals surface area contributed by atoms with Gasteiger partial charge in [0.15, 0.2) is 0 Å². The monoisotopic (exact) mass is 336 g/mol. The molecule has 1 rings (SSSR count). The molecule has 102 valence electrons. The van der Waals surface area contributed by atoms with Gasteiger partial charge in [-0.3, -0.25) is 0 Å². The maximum atomic E-state index is 5.99. The zero-order chi connectivity index (χ0) is 13.6. The number of halogens is 2. The number of benzene rings is 1. The Bertz CT molecular complexity index is 367. The van der Waals surface area contributed by atoms with Crippen molar-refractivity contribution in [1.82, 2.24) is 0 Å². The van der Waals surface area contributed by atoms with Gasteiger partial charge in [0, 0.05) is 29.9 Å². The van der Waals surface area contributed by atoms with E-state index in [4.69, 9.17) is 25.8 Å². The van der Waals surface area contributed by atoms with Crippen molar-refractivity contribution in [2.24, 2.45) is 0 Å². The Morgan fingerprint density at radius 2 is 1.56 bits per heavy atom. The Kier molecular flexibility index (Phi) is 6.60. The van der Waals surface area contributed by atoms with Crippen LogP contribution in [0, 0.1) is 0 Å². The summed E-state index contributed by atoms with van der Waals surface area (Å²) in [5.74, 6) is -1.16. The first-order valence-corrected chi connectivity index (χ1v) is 7.14. The molecule has 5 heteroatoms. The van der Waals surface area contributed by atoms with Crippen molar-refractivity contribution in [3.8, 4) is 0 Å². The van der Waals surface area contributed by atoms with E-state index in [0.717, 1.165) is 10.0 Å². The summed E-state index contributed by atoms with van der Waals surface area (Å²) in [5.41, 5.74) is 0.782. The van der Waals surface area contributed by atoms with Crippen molar-refractivity contribution < 1.29 is 14.2 Å². The molecule has 0 bridgehead atoms. The Morgan fingerprint density at radius 3 is 1.94 bits per heavy atom. The summed E-state index contributed by atoms with van der Waals surface area (Å²) >= 11 is 9.39. The summed E-state index contributed by atoms with van der Waals surface area (Å²) in [5, 5.41) is 0.636. The molecule has 0 amide bonds. The van der Waals surface area contributed by atoms with Crippen LogP contribution < -0.4 is 0 Å². The summed E-state index contributed by atoms with van der Waals surface area (Å²) in [6, 6.07) is 5.48. The highest BCUT2D eigenvalue weighted by Gasteiger charge is 2.35. The fourth-order valence-corrected chi connectivity index (χ4v) is 2.13. The molecular formula is C13H18BrClO3. The molecule has 18 heavy (non-hydrogen) atoms. The number of hydrogen-bond donors (Lipinski definition) is 0. The summed E-state index contributed by atoms with van der Waals surface area (Å²) < 4.78 is 17.8. The predicted molar refractivity (Wildman–Crippen MR) is 75.7 cm³/mol. The lowest BCUT2D eigenvalue weighted by atomic mass is 10.2. The fraction of sp³-hybridized carbons (Fsp3) is 0.538. The number of rotatable bonds is 7. The van der Waals surface area contributed by atoms with E-state index in [1.807, 2.05) is 32.9 Å². The van der Waals surface area contributed by atoms with Gasteiger partial charge in [0.2, 0.25) is 0 Å². The first-order valence-electron chi connectivity index (χ1n) is 5.97. The van der Waals surface area contributed by atoms with Gasteiger partial charge in [-0.2, -0.15) is 0 Å². The van der Waals surface area contributed by atoms with Crippen molar-refractivity contribution in [2.45, 2.75) is 26.7 Å². The smallest absolute Gasteiger partial charge is 0.312 e. The van der Waals surface area contributed by atoms with Crippen molar-refractivity contribution in [2.75, 3.05) is 19.8 Å². The average Bonchev–Trinajstić information content (AvgIpc) is 2.33. The van der Waals surface area contributed by atoms with Gasteiger partial charge in [-0.05, 0) is 54.9 Å². The van der Waals surface area contributed by atoms with Gasteiger partial charge in [-0.15, -0.1) is 0 Å². The van der Waals surface area contributed by atoms with Crippen LogP contribution in [0.3, 0.4) is 0 Å². The van der Waals surface area contributed by atoms with Crippen molar-refractivity contribution >= 4 is 27.5 Å². The topological polar surface area (TPSA) is 27.7 Å². The van der Waals surface area contributed by atoms with Crippen LogP contribution in [0.1, 0.15) is 26.3 Å². The second-order valence-electron chi connectivity index (χ2n) is 3.48. The first-order chi connectivity index (χ1) is 8.59. The lowest BCUT2D eigenvalue weighted by Crippen LogP contribution is -2.36. The van der Waals surface area contributed by atoms with Gasteiger partial charge in [0.1, 0.15) is 0 Å². The minimum atomic E-state index is -1.16. The van der Waals surface area contributed by atoms with Crippen molar-refractivity contribution in [3.05, 3.63) is 33.3 Å². The highest BCUT2D eigenvalue weighted by Crippen LogP contribution is 2.33. The Hall–Kier alpha value is -0.130. The summed E-state index contributed by atoms with van der Waals surface area (Å²) in [7, 11) is 0. The largest absolute Gasteiger partial charge is 0.324 e. The van der Waals surface area contributed by atoms with Crippen LogP contribution in [0.15, 0.2) is 22.7 Å². The van der Waals surface area contributed by atoms with Crippen LogP contribution in [0.2, 0.25) is 5.02 Å². The molecule has 3 nitrogen and oxygen atoms in total. The van der Waals surface area contributed by atoms with Crippen LogP contribution in [0.4, 0.5) is 0 Å². The quantitative estimate of drug-likeness (QED) is 0.693. The lowest BCUT2D eigenvalue weighted by Gasteiger charge is -2.32. The molecule has 0 saturated heterocycles. The van der Waals surface area contributed by atoms with Gasteiger partial charge in [-0.1, -0.05) is 11.6 Å². The molecule has 0 saturated carbocycles. The SMILES string of the molecule is CCOC(OCC)(OCC)c1ccc(Cl)c(Br)c1. The Balaban J connectivity index is 3.16. The van der Waals surface area contributed by atoms with Gasteiger partial charge < -0.3 is 14.2 Å². The Morgan fingerprint density at radius 1 is 1.06 bits per heavy atom.